The molecule has 0 radical (unpaired) electrons. The van der Waals surface area contributed by atoms with E-state index in [-0.39, 0.29) is 5.91 Å². The standard InChI is InChI=1S/C21H25NO3/c1-6-17-7-9-18(10-8-17)21(24)25-16(5)20(23)22-19-14(3)11-13(2)12-15(19)4/h7-12,16H,6H2,1-5H3,(H,22,23)/t16-/m0/s1. The van der Waals surface area contributed by atoms with E-state index in [2.05, 4.69) is 12.2 Å². The highest BCUT2D eigenvalue weighted by Gasteiger charge is 2.20. The average Bonchev–Trinajstić information content (AvgIpc) is 2.57. The molecular formula is C21H25NO3. The van der Waals surface area contributed by atoms with Crippen LogP contribution in [0, 0.1) is 20.8 Å². The summed E-state index contributed by atoms with van der Waals surface area (Å²) in [5.74, 6) is -0.837. The molecule has 0 bridgehead atoms. The fraction of sp³-hybridized carbons (Fsp3) is 0.333. The minimum absolute atomic E-state index is 0.339. The maximum atomic E-state index is 12.4. The van der Waals surface area contributed by atoms with Crippen LogP contribution in [0.3, 0.4) is 0 Å². The van der Waals surface area contributed by atoms with Gasteiger partial charge in [0.05, 0.1) is 5.56 Å². The highest BCUT2D eigenvalue weighted by molar-refractivity contribution is 5.98. The Kier molecular flexibility index (Phi) is 5.97. The molecule has 0 aliphatic carbocycles. The summed E-state index contributed by atoms with van der Waals surface area (Å²) in [6, 6.07) is 11.2. The second kappa shape index (κ2) is 7.97. The van der Waals surface area contributed by atoms with Crippen molar-refractivity contribution in [3.8, 4) is 0 Å². The van der Waals surface area contributed by atoms with E-state index >= 15 is 0 Å². The van der Waals surface area contributed by atoms with Gasteiger partial charge in [0.15, 0.2) is 6.10 Å². The van der Waals surface area contributed by atoms with Crippen molar-refractivity contribution in [2.24, 2.45) is 0 Å². The molecule has 0 aromatic heterocycles. The van der Waals surface area contributed by atoms with Crippen LogP contribution in [0.1, 0.15) is 46.5 Å². The van der Waals surface area contributed by atoms with Crippen molar-refractivity contribution in [3.63, 3.8) is 0 Å². The summed E-state index contributed by atoms with van der Waals surface area (Å²) in [5, 5.41) is 2.86. The van der Waals surface area contributed by atoms with E-state index in [0.29, 0.717) is 5.56 Å². The van der Waals surface area contributed by atoms with E-state index in [4.69, 9.17) is 4.74 Å². The highest BCUT2D eigenvalue weighted by Crippen LogP contribution is 2.22. The number of esters is 1. The van der Waals surface area contributed by atoms with Gasteiger partial charge in [0.2, 0.25) is 0 Å². The summed E-state index contributed by atoms with van der Waals surface area (Å²) in [7, 11) is 0. The number of anilines is 1. The number of carbonyl (C=O) groups is 2. The Morgan fingerprint density at radius 1 is 1.04 bits per heavy atom. The molecule has 2 aromatic carbocycles. The molecule has 2 rings (SSSR count). The molecule has 1 amide bonds. The topological polar surface area (TPSA) is 55.4 Å². The smallest absolute Gasteiger partial charge is 0.338 e. The van der Waals surface area contributed by atoms with E-state index in [9.17, 15) is 9.59 Å². The van der Waals surface area contributed by atoms with E-state index in [1.54, 1.807) is 19.1 Å². The third kappa shape index (κ3) is 4.69. The van der Waals surface area contributed by atoms with Crippen molar-refractivity contribution in [2.45, 2.75) is 47.1 Å². The lowest BCUT2D eigenvalue weighted by molar-refractivity contribution is -0.123. The van der Waals surface area contributed by atoms with E-state index in [1.807, 2.05) is 45.0 Å². The van der Waals surface area contributed by atoms with Crippen molar-refractivity contribution >= 4 is 17.6 Å². The molecular weight excluding hydrogens is 314 g/mol. The minimum atomic E-state index is -0.876. The predicted molar refractivity (Wildman–Crippen MR) is 100.0 cm³/mol. The van der Waals surface area contributed by atoms with Gasteiger partial charge in [-0.1, -0.05) is 36.8 Å². The van der Waals surface area contributed by atoms with Gasteiger partial charge in [-0.25, -0.2) is 4.79 Å². The van der Waals surface area contributed by atoms with Crippen molar-refractivity contribution in [3.05, 3.63) is 64.2 Å². The number of amides is 1. The maximum Gasteiger partial charge on any atom is 0.338 e. The van der Waals surface area contributed by atoms with Crippen molar-refractivity contribution in [2.75, 3.05) is 5.32 Å². The number of ether oxygens (including phenoxy) is 1. The fourth-order valence-corrected chi connectivity index (χ4v) is 2.76. The molecule has 132 valence electrons. The molecule has 2 aromatic rings. The fourth-order valence-electron chi connectivity index (χ4n) is 2.76. The number of hydrogen-bond acceptors (Lipinski definition) is 3. The normalized spacial score (nSPS) is 11.7. The van der Waals surface area contributed by atoms with Crippen molar-refractivity contribution in [1.29, 1.82) is 0 Å². The van der Waals surface area contributed by atoms with Crippen LogP contribution in [0.2, 0.25) is 0 Å². The molecule has 0 saturated heterocycles. The van der Waals surface area contributed by atoms with Gasteiger partial charge < -0.3 is 10.1 Å². The van der Waals surface area contributed by atoms with Gasteiger partial charge in [0.1, 0.15) is 0 Å². The van der Waals surface area contributed by atoms with Crippen LogP contribution in [0.25, 0.3) is 0 Å². The summed E-state index contributed by atoms with van der Waals surface area (Å²) >= 11 is 0. The molecule has 0 unspecified atom stereocenters. The first kappa shape index (κ1) is 18.7. The second-order valence-corrected chi connectivity index (χ2v) is 6.36. The monoisotopic (exact) mass is 339 g/mol. The molecule has 0 aliphatic heterocycles. The van der Waals surface area contributed by atoms with E-state index in [0.717, 1.165) is 34.4 Å². The number of nitrogens with one attached hydrogen (secondary N) is 1. The Bertz CT molecular complexity index is 755. The number of aryl methyl sites for hydroxylation is 4. The SMILES string of the molecule is CCc1ccc(C(=O)O[C@@H](C)C(=O)Nc2c(C)cc(C)cc2C)cc1. The molecule has 1 atom stereocenters. The molecule has 25 heavy (non-hydrogen) atoms. The Labute approximate surface area is 149 Å². The summed E-state index contributed by atoms with van der Waals surface area (Å²) in [6.45, 7) is 9.53. The van der Waals surface area contributed by atoms with Gasteiger partial charge in [0.25, 0.3) is 5.91 Å². The van der Waals surface area contributed by atoms with Gasteiger partial charge >= 0.3 is 5.97 Å². The molecule has 0 saturated carbocycles. The summed E-state index contributed by atoms with van der Waals surface area (Å²) in [5.41, 5.74) is 5.47. The van der Waals surface area contributed by atoms with Crippen LogP contribution in [-0.4, -0.2) is 18.0 Å². The molecule has 4 nitrogen and oxygen atoms in total. The van der Waals surface area contributed by atoms with Crippen LogP contribution in [-0.2, 0) is 16.0 Å². The van der Waals surface area contributed by atoms with E-state index < -0.39 is 12.1 Å². The molecule has 0 aliphatic rings. The molecule has 1 N–H and O–H groups in total. The lowest BCUT2D eigenvalue weighted by Crippen LogP contribution is -2.30. The zero-order valence-corrected chi connectivity index (χ0v) is 15.5. The molecule has 0 heterocycles. The third-order valence-corrected chi connectivity index (χ3v) is 4.18. The first-order chi connectivity index (χ1) is 11.8. The van der Waals surface area contributed by atoms with Gasteiger partial charge in [-0.15, -0.1) is 0 Å². The van der Waals surface area contributed by atoms with Crippen LogP contribution >= 0.6 is 0 Å². The van der Waals surface area contributed by atoms with Gasteiger partial charge in [0, 0.05) is 5.69 Å². The van der Waals surface area contributed by atoms with Gasteiger partial charge in [-0.2, -0.15) is 0 Å². The molecule has 0 fully saturated rings. The first-order valence-electron chi connectivity index (χ1n) is 8.50. The number of benzene rings is 2. The quantitative estimate of drug-likeness (QED) is 0.824. The third-order valence-electron chi connectivity index (χ3n) is 4.18. The van der Waals surface area contributed by atoms with Crippen molar-refractivity contribution in [1.82, 2.24) is 0 Å². The van der Waals surface area contributed by atoms with Crippen LogP contribution in [0.5, 0.6) is 0 Å². The largest absolute Gasteiger partial charge is 0.449 e. The minimum Gasteiger partial charge on any atom is -0.449 e. The Morgan fingerprint density at radius 3 is 2.12 bits per heavy atom. The Hall–Kier alpha value is -2.62. The average molecular weight is 339 g/mol. The Morgan fingerprint density at radius 2 is 1.60 bits per heavy atom. The summed E-state index contributed by atoms with van der Waals surface area (Å²) in [4.78, 5) is 24.6. The van der Waals surface area contributed by atoms with E-state index in [1.165, 1.54) is 0 Å². The van der Waals surface area contributed by atoms with Crippen LogP contribution in [0.4, 0.5) is 5.69 Å². The van der Waals surface area contributed by atoms with Crippen molar-refractivity contribution < 1.29 is 14.3 Å². The van der Waals surface area contributed by atoms with Gasteiger partial charge in [-0.3, -0.25) is 4.79 Å². The molecule has 4 heteroatoms. The predicted octanol–water partition coefficient (Wildman–Crippen LogP) is 4.36. The first-order valence-corrected chi connectivity index (χ1v) is 8.50. The zero-order chi connectivity index (χ0) is 18.6. The lowest BCUT2D eigenvalue weighted by atomic mass is 10.0. The van der Waals surface area contributed by atoms with Crippen LogP contribution < -0.4 is 5.32 Å². The number of hydrogen-bond donors (Lipinski definition) is 1. The summed E-state index contributed by atoms with van der Waals surface area (Å²) in [6.07, 6.45) is 0.0297. The summed E-state index contributed by atoms with van der Waals surface area (Å²) < 4.78 is 5.30. The highest BCUT2D eigenvalue weighted by atomic mass is 16.5. The number of rotatable bonds is 5. The lowest BCUT2D eigenvalue weighted by Gasteiger charge is -2.17. The second-order valence-electron chi connectivity index (χ2n) is 6.36. The van der Waals surface area contributed by atoms with Crippen LogP contribution in [0.15, 0.2) is 36.4 Å². The molecule has 0 spiro atoms. The number of carbonyl (C=O) groups excluding carboxylic acids is 2. The zero-order valence-electron chi connectivity index (χ0n) is 15.5. The maximum absolute atomic E-state index is 12.4. The van der Waals surface area contributed by atoms with Gasteiger partial charge in [-0.05, 0) is 62.9 Å². The Balaban J connectivity index is 2.03.